The van der Waals surface area contributed by atoms with Crippen LogP contribution in [0.3, 0.4) is 0 Å². The van der Waals surface area contributed by atoms with Crippen LogP contribution < -0.4 is 10.6 Å². The zero-order valence-corrected chi connectivity index (χ0v) is 11.1. The highest BCUT2D eigenvalue weighted by atomic mass is 16.3. The third-order valence-corrected chi connectivity index (χ3v) is 3.43. The summed E-state index contributed by atoms with van der Waals surface area (Å²) in [4.78, 5) is 22.9. The summed E-state index contributed by atoms with van der Waals surface area (Å²) in [6, 6.07) is 4.74. The van der Waals surface area contributed by atoms with Crippen LogP contribution in [0.25, 0.3) is 0 Å². The van der Waals surface area contributed by atoms with E-state index in [1.54, 1.807) is 12.1 Å². The van der Waals surface area contributed by atoms with E-state index in [0.717, 1.165) is 0 Å². The SMILES string of the molecule is O=C1CCC(C(=O)NCCc2cccc(O)c2O)CN1. The van der Waals surface area contributed by atoms with Crippen LogP contribution in [0.1, 0.15) is 18.4 Å². The molecule has 6 heteroatoms. The van der Waals surface area contributed by atoms with Crippen molar-refractivity contribution >= 4 is 11.8 Å². The summed E-state index contributed by atoms with van der Waals surface area (Å²) in [5.41, 5.74) is 0.585. The Labute approximate surface area is 116 Å². The van der Waals surface area contributed by atoms with Crippen molar-refractivity contribution in [3.8, 4) is 11.5 Å². The van der Waals surface area contributed by atoms with E-state index < -0.39 is 0 Å². The van der Waals surface area contributed by atoms with Crippen molar-refractivity contribution in [1.29, 1.82) is 0 Å². The molecule has 0 spiro atoms. The lowest BCUT2D eigenvalue weighted by Gasteiger charge is -2.21. The lowest BCUT2D eigenvalue weighted by Crippen LogP contribution is -2.43. The summed E-state index contributed by atoms with van der Waals surface area (Å²) in [5, 5.41) is 24.4. The van der Waals surface area contributed by atoms with Crippen LogP contribution in [0, 0.1) is 5.92 Å². The molecule has 0 radical (unpaired) electrons. The highest BCUT2D eigenvalue weighted by molar-refractivity contribution is 5.83. The van der Waals surface area contributed by atoms with Crippen molar-refractivity contribution in [2.45, 2.75) is 19.3 Å². The van der Waals surface area contributed by atoms with Gasteiger partial charge in [-0.15, -0.1) is 0 Å². The van der Waals surface area contributed by atoms with E-state index in [0.29, 0.717) is 37.9 Å². The molecule has 1 aliphatic rings. The monoisotopic (exact) mass is 278 g/mol. The number of hydrogen-bond donors (Lipinski definition) is 4. The number of nitrogens with one attached hydrogen (secondary N) is 2. The van der Waals surface area contributed by atoms with Crippen molar-refractivity contribution in [1.82, 2.24) is 10.6 Å². The van der Waals surface area contributed by atoms with E-state index in [9.17, 15) is 19.8 Å². The first-order chi connectivity index (χ1) is 9.58. The topological polar surface area (TPSA) is 98.7 Å². The third kappa shape index (κ3) is 3.40. The molecule has 0 aromatic heterocycles. The predicted octanol–water partition coefficient (Wildman–Crippen LogP) is 0.283. The number of para-hydroxylation sites is 1. The molecular weight excluding hydrogens is 260 g/mol. The van der Waals surface area contributed by atoms with Crippen LogP contribution in [0.4, 0.5) is 0 Å². The van der Waals surface area contributed by atoms with Gasteiger partial charge in [0.05, 0.1) is 5.92 Å². The summed E-state index contributed by atoms with van der Waals surface area (Å²) in [7, 11) is 0. The van der Waals surface area contributed by atoms with Gasteiger partial charge in [-0.05, 0) is 24.5 Å². The number of phenols is 2. The van der Waals surface area contributed by atoms with E-state index in [-0.39, 0.29) is 29.2 Å². The average Bonchev–Trinajstić information content (AvgIpc) is 2.44. The molecule has 2 amide bonds. The van der Waals surface area contributed by atoms with Gasteiger partial charge in [0.2, 0.25) is 11.8 Å². The maximum atomic E-state index is 11.9. The number of aromatic hydroxyl groups is 2. The van der Waals surface area contributed by atoms with Gasteiger partial charge in [0.25, 0.3) is 0 Å². The average molecular weight is 278 g/mol. The first-order valence-electron chi connectivity index (χ1n) is 6.62. The van der Waals surface area contributed by atoms with Crippen molar-refractivity contribution in [2.24, 2.45) is 5.92 Å². The minimum Gasteiger partial charge on any atom is -0.504 e. The van der Waals surface area contributed by atoms with Gasteiger partial charge >= 0.3 is 0 Å². The summed E-state index contributed by atoms with van der Waals surface area (Å²) in [6.07, 6.45) is 1.38. The fourth-order valence-electron chi connectivity index (χ4n) is 2.20. The smallest absolute Gasteiger partial charge is 0.224 e. The van der Waals surface area contributed by atoms with Crippen LogP contribution in [0.5, 0.6) is 11.5 Å². The van der Waals surface area contributed by atoms with Crippen molar-refractivity contribution in [3.63, 3.8) is 0 Å². The Morgan fingerprint density at radius 3 is 2.90 bits per heavy atom. The minimum atomic E-state index is -0.189. The number of carbonyl (C=O) groups excluding carboxylic acids is 2. The van der Waals surface area contributed by atoms with Gasteiger partial charge in [0.1, 0.15) is 0 Å². The van der Waals surface area contributed by atoms with Crippen LogP contribution >= 0.6 is 0 Å². The van der Waals surface area contributed by atoms with Crippen molar-refractivity contribution in [3.05, 3.63) is 23.8 Å². The molecule has 1 aromatic carbocycles. The molecule has 1 unspecified atom stereocenters. The summed E-state index contributed by atoms with van der Waals surface area (Å²) < 4.78 is 0. The van der Waals surface area contributed by atoms with Gasteiger partial charge in [0, 0.05) is 19.5 Å². The molecule has 1 fully saturated rings. The number of piperidine rings is 1. The second kappa shape index (κ2) is 6.27. The molecule has 1 saturated heterocycles. The van der Waals surface area contributed by atoms with Gasteiger partial charge in [-0.25, -0.2) is 0 Å². The molecule has 20 heavy (non-hydrogen) atoms. The second-order valence-electron chi connectivity index (χ2n) is 4.87. The van der Waals surface area contributed by atoms with E-state index in [4.69, 9.17) is 0 Å². The first-order valence-corrected chi connectivity index (χ1v) is 6.62. The van der Waals surface area contributed by atoms with Crippen LogP contribution in [-0.2, 0) is 16.0 Å². The van der Waals surface area contributed by atoms with Gasteiger partial charge < -0.3 is 20.8 Å². The molecule has 4 N–H and O–H groups in total. The lowest BCUT2D eigenvalue weighted by molar-refractivity contribution is -0.128. The molecule has 6 nitrogen and oxygen atoms in total. The summed E-state index contributed by atoms with van der Waals surface area (Å²) in [6.45, 7) is 0.752. The number of carbonyl (C=O) groups is 2. The summed E-state index contributed by atoms with van der Waals surface area (Å²) in [5.74, 6) is -0.607. The number of amides is 2. The fourth-order valence-corrected chi connectivity index (χ4v) is 2.20. The Balaban J connectivity index is 1.79. The van der Waals surface area contributed by atoms with Gasteiger partial charge in [-0.1, -0.05) is 12.1 Å². The van der Waals surface area contributed by atoms with Gasteiger partial charge in [-0.3, -0.25) is 9.59 Å². The molecule has 0 aliphatic carbocycles. The highest BCUT2D eigenvalue weighted by Gasteiger charge is 2.23. The van der Waals surface area contributed by atoms with Crippen LogP contribution in [0.2, 0.25) is 0 Å². The lowest BCUT2D eigenvalue weighted by atomic mass is 9.98. The van der Waals surface area contributed by atoms with Crippen LogP contribution in [0.15, 0.2) is 18.2 Å². The number of rotatable bonds is 4. The normalized spacial score (nSPS) is 18.4. The number of phenolic OH excluding ortho intramolecular Hbond substituents is 2. The predicted molar refractivity (Wildman–Crippen MR) is 72.2 cm³/mol. The maximum Gasteiger partial charge on any atom is 0.224 e. The quantitative estimate of drug-likeness (QED) is 0.595. The molecular formula is C14H18N2O4. The number of hydrogen-bond acceptors (Lipinski definition) is 4. The van der Waals surface area contributed by atoms with Crippen molar-refractivity contribution in [2.75, 3.05) is 13.1 Å². The Bertz CT molecular complexity index is 506. The van der Waals surface area contributed by atoms with E-state index in [1.807, 2.05) is 0 Å². The molecule has 108 valence electrons. The molecule has 1 atom stereocenters. The van der Waals surface area contributed by atoms with E-state index >= 15 is 0 Å². The minimum absolute atomic E-state index is 0.0151. The maximum absolute atomic E-state index is 11.9. The van der Waals surface area contributed by atoms with E-state index in [1.165, 1.54) is 6.07 Å². The molecule has 0 saturated carbocycles. The zero-order valence-electron chi connectivity index (χ0n) is 11.1. The molecule has 1 aromatic rings. The standard InChI is InChI=1S/C14H18N2O4/c17-11-3-1-2-9(13(11)19)6-7-15-14(20)10-4-5-12(18)16-8-10/h1-3,10,17,19H,4-8H2,(H,15,20)(H,16,18). The van der Waals surface area contributed by atoms with Gasteiger partial charge in [-0.2, -0.15) is 0 Å². The van der Waals surface area contributed by atoms with E-state index in [2.05, 4.69) is 10.6 Å². The Hall–Kier alpha value is -2.24. The Kier molecular flexibility index (Phi) is 4.45. The Morgan fingerprint density at radius 2 is 2.20 bits per heavy atom. The largest absolute Gasteiger partial charge is 0.504 e. The molecule has 1 heterocycles. The fraction of sp³-hybridized carbons (Fsp3) is 0.429. The molecule has 0 bridgehead atoms. The van der Waals surface area contributed by atoms with Gasteiger partial charge in [0.15, 0.2) is 11.5 Å². The zero-order chi connectivity index (χ0) is 14.5. The van der Waals surface area contributed by atoms with Crippen LogP contribution in [-0.4, -0.2) is 35.1 Å². The summed E-state index contributed by atoms with van der Waals surface area (Å²) >= 11 is 0. The first kappa shape index (κ1) is 14.2. The Morgan fingerprint density at radius 1 is 1.40 bits per heavy atom. The highest BCUT2D eigenvalue weighted by Crippen LogP contribution is 2.28. The third-order valence-electron chi connectivity index (χ3n) is 3.43. The second-order valence-corrected chi connectivity index (χ2v) is 4.87. The van der Waals surface area contributed by atoms with Crippen molar-refractivity contribution < 1.29 is 19.8 Å². The number of benzene rings is 1. The molecule has 1 aliphatic heterocycles. The molecule has 2 rings (SSSR count).